The molecule has 1 heteroatoms. The van der Waals surface area contributed by atoms with E-state index in [2.05, 4.69) is 33.4 Å². The molecule has 0 radical (unpaired) electrons. The highest BCUT2D eigenvalue weighted by Gasteiger charge is 2.06. The Morgan fingerprint density at radius 2 is 1.90 bits per heavy atom. The van der Waals surface area contributed by atoms with Crippen LogP contribution in [0, 0.1) is 5.92 Å². The van der Waals surface area contributed by atoms with E-state index in [-0.39, 0.29) is 0 Å². The van der Waals surface area contributed by atoms with Gasteiger partial charge in [0.25, 0.3) is 0 Å². The van der Waals surface area contributed by atoms with Crippen molar-refractivity contribution in [2.24, 2.45) is 5.92 Å². The van der Waals surface area contributed by atoms with Crippen LogP contribution in [0.25, 0.3) is 0 Å². The van der Waals surface area contributed by atoms with E-state index in [1.807, 2.05) is 0 Å². The zero-order valence-electron chi connectivity index (χ0n) is 7.43. The summed E-state index contributed by atoms with van der Waals surface area (Å²) in [7, 11) is 0. The summed E-state index contributed by atoms with van der Waals surface area (Å²) >= 11 is 4.38. The lowest BCUT2D eigenvalue weighted by molar-refractivity contribution is 0.433. The molecule has 0 rings (SSSR count). The van der Waals surface area contributed by atoms with Gasteiger partial charge in [0.05, 0.1) is 0 Å². The van der Waals surface area contributed by atoms with Gasteiger partial charge in [-0.3, -0.25) is 0 Å². The average molecular weight is 160 g/mol. The minimum absolute atomic E-state index is 0.580. The molecule has 0 aromatic carbocycles. The normalized spacial score (nSPS) is 16.8. The summed E-state index contributed by atoms with van der Waals surface area (Å²) in [6.45, 7) is 6.71. The molecule has 0 nitrogen and oxygen atoms in total. The minimum Gasteiger partial charge on any atom is -0.176 e. The summed E-state index contributed by atoms with van der Waals surface area (Å²) in [5, 5.41) is 0.580. The smallest absolute Gasteiger partial charge is 0.000896 e. The molecule has 0 heterocycles. The van der Waals surface area contributed by atoms with Gasteiger partial charge in [-0.05, 0) is 17.6 Å². The summed E-state index contributed by atoms with van der Waals surface area (Å²) in [5.41, 5.74) is 0. The standard InChI is InChI=1S/C9H20S/c1-4-6-9(5-2)7-8(3)10/h8-10H,4-7H2,1-3H3. The Hall–Kier alpha value is 0.350. The topological polar surface area (TPSA) is 0 Å². The summed E-state index contributed by atoms with van der Waals surface area (Å²) in [6, 6.07) is 0. The van der Waals surface area contributed by atoms with Crippen LogP contribution < -0.4 is 0 Å². The predicted octanol–water partition coefficient (Wildman–Crippen LogP) is 3.52. The van der Waals surface area contributed by atoms with Gasteiger partial charge in [-0.2, -0.15) is 12.6 Å². The van der Waals surface area contributed by atoms with Crippen molar-refractivity contribution in [1.29, 1.82) is 0 Å². The Bertz CT molecular complexity index is 69.1. The fourth-order valence-electron chi connectivity index (χ4n) is 1.38. The second kappa shape index (κ2) is 6.09. The number of rotatable bonds is 5. The minimum atomic E-state index is 0.580. The van der Waals surface area contributed by atoms with Gasteiger partial charge >= 0.3 is 0 Å². The van der Waals surface area contributed by atoms with E-state index >= 15 is 0 Å². The lowest BCUT2D eigenvalue weighted by Gasteiger charge is -2.14. The summed E-state index contributed by atoms with van der Waals surface area (Å²) in [5.74, 6) is 0.914. The van der Waals surface area contributed by atoms with Crippen molar-refractivity contribution in [2.45, 2.75) is 51.7 Å². The molecule has 0 saturated carbocycles. The molecule has 0 aliphatic heterocycles. The lowest BCUT2D eigenvalue weighted by Crippen LogP contribution is -2.04. The van der Waals surface area contributed by atoms with Crippen molar-refractivity contribution in [1.82, 2.24) is 0 Å². The van der Waals surface area contributed by atoms with Crippen LogP contribution in [0.3, 0.4) is 0 Å². The average Bonchev–Trinajstić information content (AvgIpc) is 1.86. The first kappa shape index (κ1) is 10.3. The van der Waals surface area contributed by atoms with Gasteiger partial charge in [0.2, 0.25) is 0 Å². The van der Waals surface area contributed by atoms with Gasteiger partial charge in [-0.25, -0.2) is 0 Å². The third-order valence-electron chi connectivity index (χ3n) is 1.95. The second-order valence-corrected chi connectivity index (χ2v) is 4.03. The first-order valence-electron chi connectivity index (χ1n) is 4.38. The summed E-state index contributed by atoms with van der Waals surface area (Å²) in [6.07, 6.45) is 5.30. The molecule has 0 aliphatic rings. The SMILES string of the molecule is CCCC(CC)CC(C)S. The molecule has 0 spiro atoms. The maximum atomic E-state index is 4.38. The van der Waals surface area contributed by atoms with E-state index in [1.165, 1.54) is 25.7 Å². The Balaban J connectivity index is 3.39. The third kappa shape index (κ3) is 5.16. The van der Waals surface area contributed by atoms with E-state index in [1.54, 1.807) is 0 Å². The Morgan fingerprint density at radius 3 is 2.20 bits per heavy atom. The van der Waals surface area contributed by atoms with Crippen molar-refractivity contribution >= 4 is 12.6 Å². The molecule has 2 unspecified atom stereocenters. The largest absolute Gasteiger partial charge is 0.176 e. The zero-order valence-corrected chi connectivity index (χ0v) is 8.32. The van der Waals surface area contributed by atoms with Crippen molar-refractivity contribution in [2.75, 3.05) is 0 Å². The third-order valence-corrected chi connectivity index (χ3v) is 2.16. The molecule has 62 valence electrons. The lowest BCUT2D eigenvalue weighted by atomic mass is 9.96. The van der Waals surface area contributed by atoms with Gasteiger partial charge in [0.1, 0.15) is 0 Å². The van der Waals surface area contributed by atoms with Gasteiger partial charge in [-0.1, -0.05) is 40.0 Å². The maximum absolute atomic E-state index is 4.38. The van der Waals surface area contributed by atoms with E-state index in [4.69, 9.17) is 0 Å². The van der Waals surface area contributed by atoms with Crippen LogP contribution in [0.1, 0.15) is 46.5 Å². The molecule has 0 saturated heterocycles. The molecule has 0 aromatic heterocycles. The van der Waals surface area contributed by atoms with Crippen molar-refractivity contribution in [3.63, 3.8) is 0 Å². The number of hydrogen-bond acceptors (Lipinski definition) is 1. The molecule has 0 fully saturated rings. The van der Waals surface area contributed by atoms with Gasteiger partial charge in [0, 0.05) is 0 Å². The van der Waals surface area contributed by atoms with Crippen molar-refractivity contribution < 1.29 is 0 Å². The molecule has 2 atom stereocenters. The number of hydrogen-bond donors (Lipinski definition) is 1. The van der Waals surface area contributed by atoms with Crippen LogP contribution in [0.15, 0.2) is 0 Å². The van der Waals surface area contributed by atoms with Crippen molar-refractivity contribution in [3.8, 4) is 0 Å². The number of thiol groups is 1. The Morgan fingerprint density at radius 1 is 1.30 bits per heavy atom. The van der Waals surface area contributed by atoms with E-state index in [0.717, 1.165) is 5.92 Å². The molecule has 0 aromatic rings. The monoisotopic (exact) mass is 160 g/mol. The van der Waals surface area contributed by atoms with Gasteiger partial charge < -0.3 is 0 Å². The van der Waals surface area contributed by atoms with Crippen LogP contribution in [0.5, 0.6) is 0 Å². The highest BCUT2D eigenvalue weighted by Crippen LogP contribution is 2.19. The van der Waals surface area contributed by atoms with Crippen molar-refractivity contribution in [3.05, 3.63) is 0 Å². The molecule has 0 N–H and O–H groups in total. The van der Waals surface area contributed by atoms with Gasteiger partial charge in [-0.15, -0.1) is 0 Å². The van der Waals surface area contributed by atoms with Crippen LogP contribution >= 0.6 is 12.6 Å². The first-order valence-corrected chi connectivity index (χ1v) is 4.90. The van der Waals surface area contributed by atoms with E-state index in [0.29, 0.717) is 5.25 Å². The fraction of sp³-hybridized carbons (Fsp3) is 1.00. The predicted molar refractivity (Wildman–Crippen MR) is 51.8 cm³/mol. The maximum Gasteiger partial charge on any atom is -0.000896 e. The van der Waals surface area contributed by atoms with E-state index in [9.17, 15) is 0 Å². The van der Waals surface area contributed by atoms with Gasteiger partial charge in [0.15, 0.2) is 0 Å². The van der Waals surface area contributed by atoms with Crippen LogP contribution in [0.4, 0.5) is 0 Å². The zero-order chi connectivity index (χ0) is 7.98. The summed E-state index contributed by atoms with van der Waals surface area (Å²) in [4.78, 5) is 0. The highest BCUT2D eigenvalue weighted by atomic mass is 32.1. The van der Waals surface area contributed by atoms with Crippen LogP contribution in [0.2, 0.25) is 0 Å². The fourth-order valence-corrected chi connectivity index (χ4v) is 1.68. The molecular formula is C9H20S. The van der Waals surface area contributed by atoms with E-state index < -0.39 is 0 Å². The molecule has 0 aliphatic carbocycles. The second-order valence-electron chi connectivity index (χ2n) is 3.15. The molecular weight excluding hydrogens is 140 g/mol. The highest BCUT2D eigenvalue weighted by molar-refractivity contribution is 7.80. The molecule has 0 bridgehead atoms. The van der Waals surface area contributed by atoms with Crippen LogP contribution in [-0.4, -0.2) is 5.25 Å². The quantitative estimate of drug-likeness (QED) is 0.584. The van der Waals surface area contributed by atoms with Crippen LogP contribution in [-0.2, 0) is 0 Å². The Labute approximate surface area is 70.8 Å². The molecule has 10 heavy (non-hydrogen) atoms. The summed E-state index contributed by atoms with van der Waals surface area (Å²) < 4.78 is 0. The Kier molecular flexibility index (Phi) is 6.30. The molecule has 0 amide bonds. The first-order chi connectivity index (χ1) is 4.70.